The summed E-state index contributed by atoms with van der Waals surface area (Å²) in [5.41, 5.74) is 2.85. The summed E-state index contributed by atoms with van der Waals surface area (Å²) in [7, 11) is 0. The number of rotatable bonds is 6. The van der Waals surface area contributed by atoms with Crippen LogP contribution in [0.4, 0.5) is 0 Å². The van der Waals surface area contributed by atoms with Crippen molar-refractivity contribution in [3.8, 4) is 5.75 Å². The largest absolute Gasteiger partial charge is 0.492 e. The van der Waals surface area contributed by atoms with E-state index in [4.69, 9.17) is 4.74 Å². The molecule has 114 valence electrons. The van der Waals surface area contributed by atoms with Crippen LogP contribution >= 0.6 is 15.9 Å². The fraction of sp³-hybridized carbons (Fsp3) is 0.438. The van der Waals surface area contributed by atoms with E-state index in [0.717, 1.165) is 27.2 Å². The maximum absolute atomic E-state index is 10.0. The normalized spacial score (nSPS) is 12.4. The van der Waals surface area contributed by atoms with Gasteiger partial charge in [-0.3, -0.25) is 4.68 Å². The topological polar surface area (TPSA) is 47.3 Å². The predicted molar refractivity (Wildman–Crippen MR) is 86.6 cm³/mol. The van der Waals surface area contributed by atoms with Crippen LogP contribution in [-0.4, -0.2) is 21.5 Å². The van der Waals surface area contributed by atoms with Gasteiger partial charge in [-0.15, -0.1) is 0 Å². The van der Waals surface area contributed by atoms with Crippen molar-refractivity contribution >= 4 is 15.9 Å². The van der Waals surface area contributed by atoms with E-state index in [1.54, 1.807) is 0 Å². The Morgan fingerprint density at radius 3 is 2.81 bits per heavy atom. The van der Waals surface area contributed by atoms with Crippen molar-refractivity contribution < 1.29 is 9.84 Å². The van der Waals surface area contributed by atoms with Gasteiger partial charge in [0, 0.05) is 15.7 Å². The minimum Gasteiger partial charge on any atom is -0.492 e. The highest BCUT2D eigenvalue weighted by Crippen LogP contribution is 2.24. The predicted octanol–water partition coefficient (Wildman–Crippen LogP) is 3.78. The number of hydrogen-bond acceptors (Lipinski definition) is 3. The summed E-state index contributed by atoms with van der Waals surface area (Å²) >= 11 is 3.42. The molecule has 21 heavy (non-hydrogen) atoms. The molecule has 0 radical (unpaired) electrons. The zero-order chi connectivity index (χ0) is 15.4. The second-order valence-electron chi connectivity index (χ2n) is 5.04. The molecule has 1 aromatic carbocycles. The lowest BCUT2D eigenvalue weighted by Gasteiger charge is -2.10. The second kappa shape index (κ2) is 7.09. The molecule has 5 heteroatoms. The highest BCUT2D eigenvalue weighted by atomic mass is 79.9. The van der Waals surface area contributed by atoms with Crippen LogP contribution in [0, 0.1) is 13.8 Å². The SMILES string of the molecule is CCC(O)c1c(C)nn(CCOc2cccc(Br)c2)c1C. The maximum Gasteiger partial charge on any atom is 0.120 e. The Balaban J connectivity index is 2.01. The van der Waals surface area contributed by atoms with Crippen LogP contribution in [-0.2, 0) is 6.54 Å². The van der Waals surface area contributed by atoms with Gasteiger partial charge in [0.25, 0.3) is 0 Å². The van der Waals surface area contributed by atoms with E-state index in [1.807, 2.05) is 49.7 Å². The van der Waals surface area contributed by atoms with E-state index in [2.05, 4.69) is 21.0 Å². The molecule has 1 N–H and O–H groups in total. The first-order chi connectivity index (χ1) is 10.0. The summed E-state index contributed by atoms with van der Waals surface area (Å²) in [6, 6.07) is 7.77. The molecule has 0 saturated heterocycles. The van der Waals surface area contributed by atoms with E-state index in [-0.39, 0.29) is 0 Å². The van der Waals surface area contributed by atoms with Crippen molar-refractivity contribution in [2.75, 3.05) is 6.61 Å². The van der Waals surface area contributed by atoms with Gasteiger partial charge in [-0.05, 0) is 38.5 Å². The third-order valence-electron chi connectivity index (χ3n) is 3.53. The zero-order valence-corrected chi connectivity index (χ0v) is 14.2. The Labute approximate surface area is 133 Å². The Morgan fingerprint density at radius 1 is 1.38 bits per heavy atom. The lowest BCUT2D eigenvalue weighted by molar-refractivity contribution is 0.172. The summed E-state index contributed by atoms with van der Waals surface area (Å²) in [5, 5.41) is 14.5. The summed E-state index contributed by atoms with van der Waals surface area (Å²) in [4.78, 5) is 0. The molecule has 0 aliphatic rings. The number of aryl methyl sites for hydroxylation is 1. The molecule has 1 unspecified atom stereocenters. The van der Waals surface area contributed by atoms with Gasteiger partial charge in [-0.1, -0.05) is 28.9 Å². The molecule has 1 atom stereocenters. The quantitative estimate of drug-likeness (QED) is 0.860. The van der Waals surface area contributed by atoms with Crippen molar-refractivity contribution in [3.63, 3.8) is 0 Å². The smallest absolute Gasteiger partial charge is 0.120 e. The Kier molecular flexibility index (Phi) is 5.42. The Bertz CT molecular complexity index is 610. The van der Waals surface area contributed by atoms with Gasteiger partial charge < -0.3 is 9.84 Å². The molecule has 1 aromatic heterocycles. The van der Waals surface area contributed by atoms with Crippen LogP contribution < -0.4 is 4.74 Å². The summed E-state index contributed by atoms with van der Waals surface area (Å²) in [6.07, 6.45) is 0.256. The third kappa shape index (κ3) is 3.86. The number of ether oxygens (including phenoxy) is 1. The molecule has 0 amide bonds. The molecule has 0 fully saturated rings. The number of aliphatic hydroxyl groups excluding tert-OH is 1. The number of aromatic nitrogens is 2. The first-order valence-corrected chi connectivity index (χ1v) is 7.92. The maximum atomic E-state index is 10.0. The fourth-order valence-corrected chi connectivity index (χ4v) is 2.80. The number of nitrogens with zero attached hydrogens (tertiary/aromatic N) is 2. The molecule has 2 aromatic rings. The van der Waals surface area contributed by atoms with Crippen LogP contribution in [0.25, 0.3) is 0 Å². The van der Waals surface area contributed by atoms with Crippen LogP contribution in [0.2, 0.25) is 0 Å². The highest BCUT2D eigenvalue weighted by molar-refractivity contribution is 9.10. The van der Waals surface area contributed by atoms with Gasteiger partial charge in [0.2, 0.25) is 0 Å². The van der Waals surface area contributed by atoms with Crippen LogP contribution in [0.15, 0.2) is 28.7 Å². The van der Waals surface area contributed by atoms with Gasteiger partial charge in [-0.25, -0.2) is 0 Å². The van der Waals surface area contributed by atoms with E-state index >= 15 is 0 Å². The molecule has 0 aliphatic heterocycles. The average molecular weight is 353 g/mol. The van der Waals surface area contributed by atoms with Gasteiger partial charge in [-0.2, -0.15) is 5.10 Å². The van der Waals surface area contributed by atoms with Gasteiger partial charge in [0.15, 0.2) is 0 Å². The molecule has 0 saturated carbocycles. The number of halogens is 1. The molecule has 0 spiro atoms. The summed E-state index contributed by atoms with van der Waals surface area (Å²) in [5.74, 6) is 0.833. The molecule has 1 heterocycles. The number of aliphatic hydroxyl groups is 1. The van der Waals surface area contributed by atoms with Crippen LogP contribution in [0.3, 0.4) is 0 Å². The molecular formula is C16H21BrN2O2. The van der Waals surface area contributed by atoms with Crippen molar-refractivity contribution in [2.24, 2.45) is 0 Å². The van der Waals surface area contributed by atoms with Crippen molar-refractivity contribution in [1.29, 1.82) is 0 Å². The van der Waals surface area contributed by atoms with Crippen LogP contribution in [0.5, 0.6) is 5.75 Å². The molecule has 0 aliphatic carbocycles. The lowest BCUT2D eigenvalue weighted by Crippen LogP contribution is -2.11. The molecular weight excluding hydrogens is 332 g/mol. The van der Waals surface area contributed by atoms with Gasteiger partial charge in [0.05, 0.1) is 18.3 Å². The summed E-state index contributed by atoms with van der Waals surface area (Å²) in [6.45, 7) is 7.10. The first-order valence-electron chi connectivity index (χ1n) is 7.13. The Hall–Kier alpha value is -1.33. The number of hydrogen-bond donors (Lipinski definition) is 1. The van der Waals surface area contributed by atoms with E-state index < -0.39 is 6.10 Å². The first kappa shape index (κ1) is 16.0. The lowest BCUT2D eigenvalue weighted by atomic mass is 10.1. The average Bonchev–Trinajstić information content (AvgIpc) is 2.73. The van der Waals surface area contributed by atoms with Crippen molar-refractivity contribution in [2.45, 2.75) is 39.8 Å². The standard InChI is InChI=1S/C16H21BrN2O2/c1-4-15(20)16-11(2)18-19(12(16)3)8-9-21-14-7-5-6-13(17)10-14/h5-7,10,15,20H,4,8-9H2,1-3H3. The van der Waals surface area contributed by atoms with E-state index in [0.29, 0.717) is 19.6 Å². The zero-order valence-electron chi connectivity index (χ0n) is 12.6. The second-order valence-corrected chi connectivity index (χ2v) is 5.95. The molecule has 0 bridgehead atoms. The fourth-order valence-electron chi connectivity index (χ4n) is 2.42. The van der Waals surface area contributed by atoms with E-state index in [9.17, 15) is 5.11 Å². The van der Waals surface area contributed by atoms with E-state index in [1.165, 1.54) is 0 Å². The van der Waals surface area contributed by atoms with Crippen molar-refractivity contribution in [3.05, 3.63) is 45.7 Å². The summed E-state index contributed by atoms with van der Waals surface area (Å²) < 4.78 is 8.63. The monoisotopic (exact) mass is 352 g/mol. The molecule has 2 rings (SSSR count). The minimum atomic E-state index is -0.440. The molecule has 4 nitrogen and oxygen atoms in total. The van der Waals surface area contributed by atoms with Gasteiger partial charge in [0.1, 0.15) is 12.4 Å². The number of benzene rings is 1. The minimum absolute atomic E-state index is 0.440. The highest BCUT2D eigenvalue weighted by Gasteiger charge is 2.17. The third-order valence-corrected chi connectivity index (χ3v) is 4.02. The van der Waals surface area contributed by atoms with Gasteiger partial charge >= 0.3 is 0 Å². The van der Waals surface area contributed by atoms with Crippen molar-refractivity contribution in [1.82, 2.24) is 9.78 Å². The Morgan fingerprint density at radius 2 is 2.14 bits per heavy atom. The van der Waals surface area contributed by atoms with Crippen LogP contribution in [0.1, 0.15) is 36.4 Å².